The largest absolute Gasteiger partial charge is 0.380 e. The molecule has 0 saturated carbocycles. The van der Waals surface area contributed by atoms with E-state index in [1.54, 1.807) is 30.6 Å². The highest BCUT2D eigenvalue weighted by atomic mass is 16.6. The van der Waals surface area contributed by atoms with Crippen molar-refractivity contribution in [2.24, 2.45) is 0 Å². The number of hydrogen-bond donors (Lipinski definition) is 1. The molecular weight excluding hydrogens is 254 g/mol. The first-order valence-corrected chi connectivity index (χ1v) is 6.74. The maximum atomic E-state index is 11.1. The van der Waals surface area contributed by atoms with Gasteiger partial charge in [0.25, 0.3) is 5.69 Å². The molecule has 2 aromatic rings. The molecule has 106 valence electrons. The van der Waals surface area contributed by atoms with E-state index in [1.807, 2.05) is 0 Å². The highest BCUT2D eigenvalue weighted by Gasteiger charge is 2.20. The molecule has 0 aliphatic rings. The molecule has 0 atom stereocenters. The van der Waals surface area contributed by atoms with Crippen LogP contribution in [0.15, 0.2) is 30.6 Å². The van der Waals surface area contributed by atoms with E-state index in [9.17, 15) is 10.1 Å². The summed E-state index contributed by atoms with van der Waals surface area (Å²) < 4.78 is 0. The van der Waals surface area contributed by atoms with E-state index in [4.69, 9.17) is 0 Å². The van der Waals surface area contributed by atoms with Crippen LogP contribution in [-0.4, -0.2) is 15.4 Å². The van der Waals surface area contributed by atoms with Crippen LogP contribution in [0.1, 0.15) is 33.6 Å². The molecular formula is C15H19N3O2. The van der Waals surface area contributed by atoms with Crippen LogP contribution in [0.5, 0.6) is 0 Å². The zero-order chi connectivity index (χ0) is 14.8. The average molecular weight is 273 g/mol. The van der Waals surface area contributed by atoms with E-state index in [1.165, 1.54) is 0 Å². The SMILES string of the molecule is CCCC(C)(C)Nc1ccc([N+](=O)[O-])c2ccncc12. The summed E-state index contributed by atoms with van der Waals surface area (Å²) in [6, 6.07) is 5.00. The Bertz CT molecular complexity index is 638. The minimum atomic E-state index is -0.358. The fourth-order valence-electron chi connectivity index (χ4n) is 2.49. The van der Waals surface area contributed by atoms with Gasteiger partial charge >= 0.3 is 0 Å². The van der Waals surface area contributed by atoms with E-state index < -0.39 is 0 Å². The van der Waals surface area contributed by atoms with Crippen molar-refractivity contribution < 1.29 is 4.92 Å². The van der Waals surface area contributed by atoms with Gasteiger partial charge in [-0.05, 0) is 32.4 Å². The van der Waals surface area contributed by atoms with Crippen molar-refractivity contribution >= 4 is 22.1 Å². The number of fused-ring (bicyclic) bond motifs is 1. The molecule has 2 rings (SSSR count). The summed E-state index contributed by atoms with van der Waals surface area (Å²) in [5, 5.41) is 15.9. The number of nitro benzene ring substituents is 1. The molecule has 0 unspecified atom stereocenters. The molecule has 1 aromatic carbocycles. The summed E-state index contributed by atoms with van der Waals surface area (Å²) in [6.07, 6.45) is 5.35. The summed E-state index contributed by atoms with van der Waals surface area (Å²) in [6.45, 7) is 6.39. The van der Waals surface area contributed by atoms with Crippen molar-refractivity contribution in [3.05, 3.63) is 40.7 Å². The van der Waals surface area contributed by atoms with Gasteiger partial charge in [0.15, 0.2) is 0 Å². The van der Waals surface area contributed by atoms with Crippen molar-refractivity contribution in [1.82, 2.24) is 4.98 Å². The number of benzene rings is 1. The molecule has 20 heavy (non-hydrogen) atoms. The van der Waals surface area contributed by atoms with E-state index in [-0.39, 0.29) is 16.1 Å². The van der Waals surface area contributed by atoms with Gasteiger partial charge in [-0.1, -0.05) is 13.3 Å². The first-order chi connectivity index (χ1) is 9.44. The monoisotopic (exact) mass is 273 g/mol. The maximum Gasteiger partial charge on any atom is 0.277 e. The number of rotatable bonds is 5. The lowest BCUT2D eigenvalue weighted by atomic mass is 9.97. The van der Waals surface area contributed by atoms with Crippen molar-refractivity contribution in [1.29, 1.82) is 0 Å². The van der Waals surface area contributed by atoms with Gasteiger partial charge in [-0.2, -0.15) is 0 Å². The molecule has 0 aliphatic heterocycles. The van der Waals surface area contributed by atoms with E-state index >= 15 is 0 Å². The molecule has 0 fully saturated rings. The number of hydrogen-bond acceptors (Lipinski definition) is 4. The van der Waals surface area contributed by atoms with Crippen LogP contribution in [0.3, 0.4) is 0 Å². The molecule has 0 radical (unpaired) electrons. The number of non-ortho nitro benzene ring substituents is 1. The topological polar surface area (TPSA) is 68.1 Å². The zero-order valence-electron chi connectivity index (χ0n) is 12.0. The molecule has 5 heteroatoms. The minimum Gasteiger partial charge on any atom is -0.380 e. The van der Waals surface area contributed by atoms with Gasteiger partial charge in [-0.25, -0.2) is 0 Å². The summed E-state index contributed by atoms with van der Waals surface area (Å²) in [7, 11) is 0. The lowest BCUT2D eigenvalue weighted by Gasteiger charge is -2.27. The lowest BCUT2D eigenvalue weighted by molar-refractivity contribution is -0.383. The zero-order valence-corrected chi connectivity index (χ0v) is 12.0. The predicted molar refractivity (Wildman–Crippen MR) is 81.0 cm³/mol. The summed E-state index contributed by atoms with van der Waals surface area (Å²) in [4.78, 5) is 14.8. The average Bonchev–Trinajstić information content (AvgIpc) is 2.38. The highest BCUT2D eigenvalue weighted by Crippen LogP contribution is 2.32. The molecule has 0 aliphatic carbocycles. The van der Waals surface area contributed by atoms with Gasteiger partial charge in [-0.3, -0.25) is 15.1 Å². The third kappa shape index (κ3) is 2.87. The minimum absolute atomic E-state index is 0.0619. The van der Waals surface area contributed by atoms with Crippen LogP contribution < -0.4 is 5.32 Å². The van der Waals surface area contributed by atoms with Crippen molar-refractivity contribution in [3.8, 4) is 0 Å². The normalized spacial score (nSPS) is 11.6. The van der Waals surface area contributed by atoms with Crippen LogP contribution in [-0.2, 0) is 0 Å². The lowest BCUT2D eigenvalue weighted by Crippen LogP contribution is -2.30. The first-order valence-electron chi connectivity index (χ1n) is 6.74. The number of pyridine rings is 1. The Morgan fingerprint density at radius 2 is 2.05 bits per heavy atom. The fourth-order valence-corrected chi connectivity index (χ4v) is 2.49. The van der Waals surface area contributed by atoms with Crippen LogP contribution in [0, 0.1) is 10.1 Å². The third-order valence-corrected chi connectivity index (χ3v) is 3.34. The Morgan fingerprint density at radius 3 is 2.70 bits per heavy atom. The molecule has 0 spiro atoms. The Hall–Kier alpha value is -2.17. The Labute approximate surface area is 118 Å². The van der Waals surface area contributed by atoms with Crippen LogP contribution in [0.4, 0.5) is 11.4 Å². The molecule has 0 saturated heterocycles. The molecule has 1 N–H and O–H groups in total. The van der Waals surface area contributed by atoms with Crippen LogP contribution in [0.25, 0.3) is 10.8 Å². The second kappa shape index (κ2) is 5.45. The van der Waals surface area contributed by atoms with Crippen LogP contribution in [0.2, 0.25) is 0 Å². The van der Waals surface area contributed by atoms with Gasteiger partial charge < -0.3 is 5.32 Å². The Balaban J connectivity index is 2.51. The number of nitrogens with one attached hydrogen (secondary N) is 1. The second-order valence-corrected chi connectivity index (χ2v) is 5.57. The standard InChI is InChI=1S/C15H19N3O2/c1-4-8-15(2,3)17-13-5-6-14(18(19)20)11-7-9-16-10-12(11)13/h5-7,9-10,17H,4,8H2,1-3H3. The van der Waals surface area contributed by atoms with Gasteiger partial charge in [0.2, 0.25) is 0 Å². The van der Waals surface area contributed by atoms with Crippen LogP contribution >= 0.6 is 0 Å². The summed E-state index contributed by atoms with van der Waals surface area (Å²) in [5.74, 6) is 0. The number of nitro groups is 1. The summed E-state index contributed by atoms with van der Waals surface area (Å²) in [5.41, 5.74) is 0.937. The smallest absolute Gasteiger partial charge is 0.277 e. The Kier molecular flexibility index (Phi) is 3.88. The number of anilines is 1. The quantitative estimate of drug-likeness (QED) is 0.656. The third-order valence-electron chi connectivity index (χ3n) is 3.34. The van der Waals surface area contributed by atoms with E-state index in [2.05, 4.69) is 31.1 Å². The number of aromatic nitrogens is 1. The van der Waals surface area contributed by atoms with Gasteiger partial charge in [-0.15, -0.1) is 0 Å². The first kappa shape index (κ1) is 14.2. The van der Waals surface area contributed by atoms with Gasteiger partial charge in [0, 0.05) is 35.1 Å². The highest BCUT2D eigenvalue weighted by molar-refractivity contribution is 5.99. The molecule has 1 heterocycles. The number of nitrogens with zero attached hydrogens (tertiary/aromatic N) is 2. The fraction of sp³-hybridized carbons (Fsp3) is 0.400. The van der Waals surface area contributed by atoms with Crippen molar-refractivity contribution in [2.75, 3.05) is 5.32 Å². The van der Waals surface area contributed by atoms with Gasteiger partial charge in [0.05, 0.1) is 10.3 Å². The molecule has 1 aromatic heterocycles. The Morgan fingerprint density at radius 1 is 1.30 bits per heavy atom. The second-order valence-electron chi connectivity index (χ2n) is 5.57. The van der Waals surface area contributed by atoms with Crippen molar-refractivity contribution in [2.45, 2.75) is 39.2 Å². The molecule has 0 bridgehead atoms. The van der Waals surface area contributed by atoms with E-state index in [0.29, 0.717) is 5.39 Å². The van der Waals surface area contributed by atoms with Crippen molar-refractivity contribution in [3.63, 3.8) is 0 Å². The van der Waals surface area contributed by atoms with Gasteiger partial charge in [0.1, 0.15) is 0 Å². The summed E-state index contributed by atoms with van der Waals surface area (Å²) >= 11 is 0. The molecule has 5 nitrogen and oxygen atoms in total. The molecule has 0 amide bonds. The van der Waals surface area contributed by atoms with E-state index in [0.717, 1.165) is 23.9 Å². The maximum absolute atomic E-state index is 11.1. The predicted octanol–water partition coefficient (Wildman–Crippen LogP) is 4.13.